The molecule has 0 aromatic heterocycles. The van der Waals surface area contributed by atoms with Crippen LogP contribution in [0.4, 0.5) is 4.39 Å². The lowest BCUT2D eigenvalue weighted by Crippen LogP contribution is -2.33. The Morgan fingerprint density at radius 1 is 1.56 bits per heavy atom. The second kappa shape index (κ2) is 5.07. The van der Waals surface area contributed by atoms with Crippen molar-refractivity contribution in [2.45, 2.75) is 18.8 Å². The van der Waals surface area contributed by atoms with E-state index in [4.69, 9.17) is 4.74 Å². The molecule has 0 saturated carbocycles. The van der Waals surface area contributed by atoms with Gasteiger partial charge in [-0.25, -0.2) is 4.39 Å². The number of methoxy groups -OCH3 is 1. The Morgan fingerprint density at radius 2 is 2.25 bits per heavy atom. The minimum absolute atomic E-state index is 0.308. The minimum Gasteiger partial charge on any atom is -0.481 e. The maximum Gasteiger partial charge on any atom is 0.313 e. The van der Waals surface area contributed by atoms with Gasteiger partial charge in [-0.1, -0.05) is 12.1 Å². The van der Waals surface area contributed by atoms with E-state index in [0.717, 1.165) is 0 Å². The first-order valence-electron chi connectivity index (χ1n) is 4.99. The number of carboxylic acids is 1. The van der Waals surface area contributed by atoms with Crippen LogP contribution < -0.4 is 0 Å². The average Bonchev–Trinajstić information content (AvgIpc) is 2.25. The molecule has 4 heteroatoms. The molecule has 0 aliphatic carbocycles. The fraction of sp³-hybridized carbons (Fsp3) is 0.417. The molecule has 1 aromatic carbocycles. The van der Waals surface area contributed by atoms with Crippen molar-refractivity contribution in [3.05, 3.63) is 35.6 Å². The van der Waals surface area contributed by atoms with Crippen molar-refractivity contribution < 1.29 is 19.0 Å². The molecule has 0 spiro atoms. The number of ether oxygens (including phenoxy) is 1. The third-order valence-corrected chi connectivity index (χ3v) is 2.74. The summed E-state index contributed by atoms with van der Waals surface area (Å²) in [5.41, 5.74) is -0.657. The first kappa shape index (κ1) is 12.6. The highest BCUT2D eigenvalue weighted by molar-refractivity contribution is 5.80. The fourth-order valence-corrected chi connectivity index (χ4v) is 1.51. The molecule has 1 rings (SSSR count). The van der Waals surface area contributed by atoms with Crippen LogP contribution in [0.25, 0.3) is 0 Å². The van der Waals surface area contributed by atoms with Gasteiger partial charge in [0.25, 0.3) is 0 Å². The summed E-state index contributed by atoms with van der Waals surface area (Å²) in [5.74, 6) is -1.41. The molecule has 88 valence electrons. The maximum absolute atomic E-state index is 13.1. The zero-order chi connectivity index (χ0) is 12.2. The number of carboxylic acid groups (broad SMARTS) is 1. The van der Waals surface area contributed by atoms with E-state index in [1.54, 1.807) is 13.0 Å². The Kier molecular flexibility index (Phi) is 4.01. The molecule has 0 heterocycles. The normalized spacial score (nSPS) is 14.4. The summed E-state index contributed by atoms with van der Waals surface area (Å²) in [6, 6.07) is 5.68. The summed E-state index contributed by atoms with van der Waals surface area (Å²) < 4.78 is 17.9. The Labute approximate surface area is 93.9 Å². The lowest BCUT2D eigenvalue weighted by atomic mass is 9.80. The number of benzene rings is 1. The molecule has 0 aliphatic heterocycles. The summed E-state index contributed by atoms with van der Waals surface area (Å²) in [6.07, 6.45) is 0.308. The summed E-state index contributed by atoms with van der Waals surface area (Å²) in [5, 5.41) is 9.23. The molecule has 0 bridgehead atoms. The predicted octanol–water partition coefficient (Wildman–Crippen LogP) is 2.20. The van der Waals surface area contributed by atoms with E-state index in [9.17, 15) is 14.3 Å². The highest BCUT2D eigenvalue weighted by Gasteiger charge is 2.34. The van der Waals surface area contributed by atoms with Gasteiger partial charge in [-0.05, 0) is 31.0 Å². The van der Waals surface area contributed by atoms with Crippen molar-refractivity contribution in [1.82, 2.24) is 0 Å². The van der Waals surface area contributed by atoms with Gasteiger partial charge in [-0.3, -0.25) is 4.79 Å². The van der Waals surface area contributed by atoms with Gasteiger partial charge in [0.05, 0.1) is 5.41 Å². The molecule has 0 radical (unpaired) electrons. The molecule has 1 atom stereocenters. The smallest absolute Gasteiger partial charge is 0.313 e. The van der Waals surface area contributed by atoms with Crippen molar-refractivity contribution in [1.29, 1.82) is 0 Å². The van der Waals surface area contributed by atoms with Gasteiger partial charge in [0.15, 0.2) is 0 Å². The molecular formula is C12H15FO3. The Hall–Kier alpha value is -1.42. The number of halogens is 1. The predicted molar refractivity (Wildman–Crippen MR) is 57.9 cm³/mol. The van der Waals surface area contributed by atoms with Crippen LogP contribution in [0.3, 0.4) is 0 Å². The first-order valence-corrected chi connectivity index (χ1v) is 4.99. The Bertz CT molecular complexity index is 378. The summed E-state index contributed by atoms with van der Waals surface area (Å²) in [6.45, 7) is 1.89. The molecule has 0 aliphatic rings. The number of aliphatic carboxylic acids is 1. The standard InChI is InChI=1S/C12H15FO3/c1-12(11(14)15,6-7-16-2)9-4-3-5-10(13)8-9/h3-5,8H,6-7H2,1-2H3,(H,14,15). The topological polar surface area (TPSA) is 46.5 Å². The van der Waals surface area contributed by atoms with Crippen LogP contribution in [0, 0.1) is 5.82 Å². The van der Waals surface area contributed by atoms with Gasteiger partial charge in [-0.2, -0.15) is 0 Å². The third-order valence-electron chi connectivity index (χ3n) is 2.74. The monoisotopic (exact) mass is 226 g/mol. The molecule has 0 saturated heterocycles. The molecule has 0 fully saturated rings. The van der Waals surface area contributed by atoms with Gasteiger partial charge in [-0.15, -0.1) is 0 Å². The van der Waals surface area contributed by atoms with Crippen molar-refractivity contribution in [3.8, 4) is 0 Å². The quantitative estimate of drug-likeness (QED) is 0.837. The molecule has 0 amide bonds. The number of carbonyl (C=O) groups is 1. The Balaban J connectivity index is 3.06. The van der Waals surface area contributed by atoms with E-state index in [2.05, 4.69) is 0 Å². The van der Waals surface area contributed by atoms with Crippen LogP contribution in [-0.4, -0.2) is 24.8 Å². The van der Waals surface area contributed by atoms with E-state index in [1.807, 2.05) is 0 Å². The van der Waals surface area contributed by atoms with Crippen LogP contribution >= 0.6 is 0 Å². The van der Waals surface area contributed by atoms with E-state index in [0.29, 0.717) is 18.6 Å². The molecular weight excluding hydrogens is 211 g/mol. The molecule has 16 heavy (non-hydrogen) atoms. The van der Waals surface area contributed by atoms with E-state index < -0.39 is 17.2 Å². The van der Waals surface area contributed by atoms with Crippen molar-refractivity contribution in [3.63, 3.8) is 0 Å². The molecule has 3 nitrogen and oxygen atoms in total. The van der Waals surface area contributed by atoms with Gasteiger partial charge in [0.2, 0.25) is 0 Å². The lowest BCUT2D eigenvalue weighted by molar-refractivity contribution is -0.143. The van der Waals surface area contributed by atoms with Crippen LogP contribution in [0.1, 0.15) is 18.9 Å². The first-order chi connectivity index (χ1) is 7.50. The molecule has 1 aromatic rings. The number of hydrogen-bond acceptors (Lipinski definition) is 2. The molecule has 1 unspecified atom stereocenters. The van der Waals surface area contributed by atoms with E-state index in [-0.39, 0.29) is 0 Å². The summed E-state index contributed by atoms with van der Waals surface area (Å²) in [7, 11) is 1.51. The minimum atomic E-state index is -1.11. The van der Waals surface area contributed by atoms with Gasteiger partial charge in [0, 0.05) is 13.7 Å². The molecule has 1 N–H and O–H groups in total. The van der Waals surface area contributed by atoms with Crippen LogP contribution in [-0.2, 0) is 14.9 Å². The van der Waals surface area contributed by atoms with Crippen LogP contribution in [0.15, 0.2) is 24.3 Å². The highest BCUT2D eigenvalue weighted by atomic mass is 19.1. The van der Waals surface area contributed by atoms with E-state index in [1.165, 1.54) is 25.3 Å². The largest absolute Gasteiger partial charge is 0.481 e. The van der Waals surface area contributed by atoms with Gasteiger partial charge < -0.3 is 9.84 Å². The fourth-order valence-electron chi connectivity index (χ4n) is 1.51. The van der Waals surface area contributed by atoms with Crippen LogP contribution in [0.5, 0.6) is 0 Å². The Morgan fingerprint density at radius 3 is 2.75 bits per heavy atom. The zero-order valence-electron chi connectivity index (χ0n) is 9.37. The second-order valence-electron chi connectivity index (χ2n) is 3.89. The summed E-state index contributed by atoms with van der Waals surface area (Å²) >= 11 is 0. The summed E-state index contributed by atoms with van der Waals surface area (Å²) in [4.78, 5) is 11.3. The number of hydrogen-bond donors (Lipinski definition) is 1. The van der Waals surface area contributed by atoms with Gasteiger partial charge in [0.1, 0.15) is 5.82 Å². The van der Waals surface area contributed by atoms with Crippen molar-refractivity contribution in [2.75, 3.05) is 13.7 Å². The van der Waals surface area contributed by atoms with Gasteiger partial charge >= 0.3 is 5.97 Å². The third kappa shape index (κ3) is 2.58. The SMILES string of the molecule is COCCC(C)(C(=O)O)c1cccc(F)c1. The zero-order valence-corrected chi connectivity index (χ0v) is 9.37. The lowest BCUT2D eigenvalue weighted by Gasteiger charge is -2.25. The van der Waals surface area contributed by atoms with E-state index >= 15 is 0 Å². The average molecular weight is 226 g/mol. The second-order valence-corrected chi connectivity index (χ2v) is 3.89. The van der Waals surface area contributed by atoms with Crippen molar-refractivity contribution >= 4 is 5.97 Å². The van der Waals surface area contributed by atoms with Crippen LogP contribution in [0.2, 0.25) is 0 Å². The maximum atomic E-state index is 13.1. The highest BCUT2D eigenvalue weighted by Crippen LogP contribution is 2.28. The van der Waals surface area contributed by atoms with Crippen molar-refractivity contribution in [2.24, 2.45) is 0 Å². The number of rotatable bonds is 5.